The Hall–Kier alpha value is -2.19. The minimum atomic E-state index is -0.791. The van der Waals surface area contributed by atoms with Crippen LogP contribution in [0.25, 0.3) is 0 Å². The number of nitro groups is 1. The summed E-state index contributed by atoms with van der Waals surface area (Å²) in [5.41, 5.74) is 0.762. The average Bonchev–Trinajstić information content (AvgIpc) is 3.04. The van der Waals surface area contributed by atoms with E-state index in [1.165, 1.54) is 28.2 Å². The number of carbonyl (C=O) groups is 1. The minimum absolute atomic E-state index is 0.0501. The maximum absolute atomic E-state index is 11.9. The molecule has 0 aliphatic rings. The van der Waals surface area contributed by atoms with Crippen LogP contribution in [0.1, 0.15) is 22.2 Å². The summed E-state index contributed by atoms with van der Waals surface area (Å²) >= 11 is 1.46. The van der Waals surface area contributed by atoms with Crippen molar-refractivity contribution in [2.24, 2.45) is 7.05 Å². The SMILES string of the molecule is Cn1cc([N+](=O)[O-])cc1C(=O)NCC(O)c1ccsc1. The van der Waals surface area contributed by atoms with E-state index in [1.807, 2.05) is 5.38 Å². The van der Waals surface area contributed by atoms with Crippen LogP contribution >= 0.6 is 11.3 Å². The number of aliphatic hydroxyl groups is 1. The highest BCUT2D eigenvalue weighted by atomic mass is 32.1. The molecule has 0 bridgehead atoms. The van der Waals surface area contributed by atoms with Crippen molar-refractivity contribution in [3.8, 4) is 0 Å². The molecule has 0 fully saturated rings. The van der Waals surface area contributed by atoms with Crippen LogP contribution in [0.15, 0.2) is 29.1 Å². The normalized spacial score (nSPS) is 12.1. The lowest BCUT2D eigenvalue weighted by Crippen LogP contribution is -2.29. The number of amides is 1. The van der Waals surface area contributed by atoms with Gasteiger partial charge in [0.25, 0.3) is 11.6 Å². The molecule has 1 unspecified atom stereocenters. The summed E-state index contributed by atoms with van der Waals surface area (Å²) in [4.78, 5) is 22.0. The van der Waals surface area contributed by atoms with Gasteiger partial charge in [-0.05, 0) is 22.4 Å². The molecule has 7 nitrogen and oxygen atoms in total. The number of nitrogens with one attached hydrogen (secondary N) is 1. The van der Waals surface area contributed by atoms with Crippen molar-refractivity contribution in [2.45, 2.75) is 6.10 Å². The van der Waals surface area contributed by atoms with E-state index in [0.717, 1.165) is 5.56 Å². The second-order valence-electron chi connectivity index (χ2n) is 4.23. The zero-order chi connectivity index (χ0) is 14.7. The van der Waals surface area contributed by atoms with Crippen LogP contribution in [-0.4, -0.2) is 27.0 Å². The first kappa shape index (κ1) is 14.2. The Balaban J connectivity index is 2.00. The van der Waals surface area contributed by atoms with Gasteiger partial charge in [0.1, 0.15) is 5.69 Å². The van der Waals surface area contributed by atoms with Gasteiger partial charge in [-0.3, -0.25) is 14.9 Å². The lowest BCUT2D eigenvalue weighted by Gasteiger charge is -2.10. The van der Waals surface area contributed by atoms with Gasteiger partial charge in [-0.25, -0.2) is 0 Å². The fourth-order valence-corrected chi connectivity index (χ4v) is 2.44. The lowest BCUT2D eigenvalue weighted by molar-refractivity contribution is -0.384. The second kappa shape index (κ2) is 5.85. The molecule has 20 heavy (non-hydrogen) atoms. The molecule has 1 atom stereocenters. The van der Waals surface area contributed by atoms with Crippen molar-refractivity contribution in [3.05, 3.63) is 50.5 Å². The van der Waals surface area contributed by atoms with E-state index >= 15 is 0 Å². The molecule has 0 aliphatic carbocycles. The van der Waals surface area contributed by atoms with Gasteiger partial charge in [0, 0.05) is 19.7 Å². The van der Waals surface area contributed by atoms with Crippen molar-refractivity contribution in [3.63, 3.8) is 0 Å². The number of hydrogen-bond acceptors (Lipinski definition) is 5. The van der Waals surface area contributed by atoms with Crippen LogP contribution in [0.3, 0.4) is 0 Å². The van der Waals surface area contributed by atoms with Gasteiger partial charge in [0.05, 0.1) is 17.2 Å². The smallest absolute Gasteiger partial charge is 0.287 e. The molecule has 0 aliphatic heterocycles. The third-order valence-electron chi connectivity index (χ3n) is 2.82. The van der Waals surface area contributed by atoms with E-state index in [0.29, 0.717) is 0 Å². The molecule has 2 aromatic heterocycles. The maximum Gasteiger partial charge on any atom is 0.287 e. The molecule has 2 N–H and O–H groups in total. The Labute approximate surface area is 118 Å². The van der Waals surface area contributed by atoms with Gasteiger partial charge in [0.2, 0.25) is 0 Å². The fraction of sp³-hybridized carbons (Fsp3) is 0.250. The molecule has 2 rings (SSSR count). The van der Waals surface area contributed by atoms with Crippen molar-refractivity contribution < 1.29 is 14.8 Å². The standard InChI is InChI=1S/C12H13N3O4S/c1-14-6-9(15(18)19)4-10(14)12(17)13-5-11(16)8-2-3-20-7-8/h2-4,6-7,11,16H,5H2,1H3,(H,13,17). The zero-order valence-electron chi connectivity index (χ0n) is 10.6. The monoisotopic (exact) mass is 295 g/mol. The molecule has 2 heterocycles. The highest BCUT2D eigenvalue weighted by Gasteiger charge is 2.18. The number of hydrogen-bond donors (Lipinski definition) is 2. The van der Waals surface area contributed by atoms with Crippen LogP contribution in [0, 0.1) is 10.1 Å². The first-order chi connectivity index (χ1) is 9.49. The molecule has 0 spiro atoms. The Morgan fingerprint density at radius 2 is 2.40 bits per heavy atom. The van der Waals surface area contributed by atoms with Crippen molar-refractivity contribution in [2.75, 3.05) is 6.54 Å². The predicted molar refractivity (Wildman–Crippen MR) is 73.7 cm³/mol. The van der Waals surface area contributed by atoms with E-state index in [9.17, 15) is 20.0 Å². The van der Waals surface area contributed by atoms with Crippen LogP contribution in [0.5, 0.6) is 0 Å². The Kier molecular flexibility index (Phi) is 4.16. The summed E-state index contributed by atoms with van der Waals surface area (Å²) in [5.74, 6) is -0.463. The minimum Gasteiger partial charge on any atom is -0.387 e. The number of rotatable bonds is 5. The molecule has 2 aromatic rings. The molecule has 106 valence electrons. The Morgan fingerprint density at radius 3 is 2.95 bits per heavy atom. The van der Waals surface area contributed by atoms with Gasteiger partial charge >= 0.3 is 0 Å². The number of nitrogens with zero attached hydrogens (tertiary/aromatic N) is 2. The summed E-state index contributed by atoms with van der Waals surface area (Å²) in [6, 6.07) is 2.97. The maximum atomic E-state index is 11.9. The molecule has 0 saturated heterocycles. The van der Waals surface area contributed by atoms with E-state index in [1.54, 1.807) is 18.5 Å². The highest BCUT2D eigenvalue weighted by molar-refractivity contribution is 7.07. The third kappa shape index (κ3) is 3.03. The Bertz CT molecular complexity index is 621. The first-order valence-corrected chi connectivity index (χ1v) is 6.72. The van der Waals surface area contributed by atoms with Gasteiger partial charge in [-0.1, -0.05) is 0 Å². The summed E-state index contributed by atoms with van der Waals surface area (Å²) < 4.78 is 1.38. The molecular weight excluding hydrogens is 282 g/mol. The van der Waals surface area contributed by atoms with Crippen molar-refractivity contribution in [1.82, 2.24) is 9.88 Å². The number of aliphatic hydroxyl groups excluding tert-OH is 1. The number of aromatic nitrogens is 1. The molecule has 0 saturated carbocycles. The molecule has 0 aromatic carbocycles. The van der Waals surface area contributed by atoms with Crippen LogP contribution in [0.2, 0.25) is 0 Å². The number of carbonyl (C=O) groups excluding carboxylic acids is 1. The van der Waals surface area contributed by atoms with E-state index in [-0.39, 0.29) is 17.9 Å². The fourth-order valence-electron chi connectivity index (χ4n) is 1.74. The van der Waals surface area contributed by atoms with E-state index in [4.69, 9.17) is 0 Å². The first-order valence-electron chi connectivity index (χ1n) is 5.78. The van der Waals surface area contributed by atoms with E-state index < -0.39 is 16.9 Å². The van der Waals surface area contributed by atoms with Gasteiger partial charge < -0.3 is 15.0 Å². The summed E-state index contributed by atoms with van der Waals surface area (Å²) in [6.45, 7) is 0.0501. The highest BCUT2D eigenvalue weighted by Crippen LogP contribution is 2.17. The molecule has 0 radical (unpaired) electrons. The number of thiophene rings is 1. The van der Waals surface area contributed by atoms with Crippen LogP contribution < -0.4 is 5.32 Å². The van der Waals surface area contributed by atoms with Crippen molar-refractivity contribution >= 4 is 22.9 Å². The lowest BCUT2D eigenvalue weighted by atomic mass is 10.2. The van der Waals surface area contributed by atoms with Gasteiger partial charge in [-0.2, -0.15) is 11.3 Å². The van der Waals surface area contributed by atoms with Crippen LogP contribution in [-0.2, 0) is 7.05 Å². The summed E-state index contributed by atoms with van der Waals surface area (Å²) in [6.07, 6.45) is 0.477. The molecule has 8 heteroatoms. The van der Waals surface area contributed by atoms with Crippen molar-refractivity contribution in [1.29, 1.82) is 0 Å². The largest absolute Gasteiger partial charge is 0.387 e. The Morgan fingerprint density at radius 1 is 1.65 bits per heavy atom. The quantitative estimate of drug-likeness (QED) is 0.644. The predicted octanol–water partition coefficient (Wildman–Crippen LogP) is 1.46. The van der Waals surface area contributed by atoms with Crippen LogP contribution in [0.4, 0.5) is 5.69 Å². The second-order valence-corrected chi connectivity index (χ2v) is 5.01. The topological polar surface area (TPSA) is 97.4 Å². The van der Waals surface area contributed by atoms with E-state index in [2.05, 4.69) is 5.32 Å². The van der Waals surface area contributed by atoms with Gasteiger partial charge in [-0.15, -0.1) is 0 Å². The number of aryl methyl sites for hydroxylation is 1. The average molecular weight is 295 g/mol. The summed E-state index contributed by atoms with van der Waals surface area (Å²) in [5, 5.41) is 26.7. The molecular formula is C12H13N3O4S. The zero-order valence-corrected chi connectivity index (χ0v) is 11.5. The molecule has 1 amide bonds. The van der Waals surface area contributed by atoms with Gasteiger partial charge in [0.15, 0.2) is 0 Å². The summed E-state index contributed by atoms with van der Waals surface area (Å²) in [7, 11) is 1.55. The third-order valence-corrected chi connectivity index (χ3v) is 3.52.